The second kappa shape index (κ2) is 11.1. The van der Waals surface area contributed by atoms with Gasteiger partial charge in [0.25, 0.3) is 6.71 Å². The molecule has 0 fully saturated rings. The van der Waals surface area contributed by atoms with Crippen LogP contribution < -0.4 is 25.9 Å². The third-order valence-electron chi connectivity index (χ3n) is 12.0. The van der Waals surface area contributed by atoms with Gasteiger partial charge in [-0.25, -0.2) is 0 Å². The van der Waals surface area contributed by atoms with Crippen LogP contribution in [-0.4, -0.2) is 20.4 Å². The van der Waals surface area contributed by atoms with E-state index in [1.165, 1.54) is 38.0 Å². The van der Waals surface area contributed by atoms with Gasteiger partial charge in [-0.15, -0.1) is 0 Å². The Hall–Kier alpha value is -7.44. The number of hydrogen-bond donors (Lipinski definition) is 0. The Bertz CT molecular complexity index is 3390. The maximum absolute atomic E-state index is 6.85. The molecule has 0 N–H and O–H groups in total. The maximum atomic E-state index is 6.85. The van der Waals surface area contributed by atoms with Crippen LogP contribution in [-0.2, 0) is 0 Å². The van der Waals surface area contributed by atoms with Gasteiger partial charge in [0, 0.05) is 55.6 Å². The number of benzene rings is 8. The lowest BCUT2D eigenvalue weighted by molar-refractivity contribution is 0.448. The molecule has 11 aromatic rings. The van der Waals surface area contributed by atoms with Crippen molar-refractivity contribution in [3.63, 3.8) is 0 Å². The molecular weight excluding hydrogens is 685 g/mol. The quantitative estimate of drug-likeness (QED) is 0.171. The van der Waals surface area contributed by atoms with Crippen LogP contribution >= 0.6 is 0 Å². The molecule has 0 unspecified atom stereocenters. The van der Waals surface area contributed by atoms with Crippen molar-refractivity contribution in [1.82, 2.24) is 13.7 Å². The van der Waals surface area contributed by atoms with E-state index in [-0.39, 0.29) is 6.71 Å². The molecular formula is C50H30BN3O2. The normalized spacial score (nSPS) is 12.9. The Morgan fingerprint density at radius 2 is 0.839 bits per heavy atom. The van der Waals surface area contributed by atoms with Crippen molar-refractivity contribution in [2.45, 2.75) is 0 Å². The van der Waals surface area contributed by atoms with Gasteiger partial charge >= 0.3 is 0 Å². The number of aromatic nitrogens is 3. The minimum Gasteiger partial charge on any atom is -0.458 e. The molecule has 5 heterocycles. The average molecular weight is 716 g/mol. The van der Waals surface area contributed by atoms with Gasteiger partial charge in [0.2, 0.25) is 5.88 Å². The van der Waals surface area contributed by atoms with Crippen LogP contribution in [0.15, 0.2) is 182 Å². The molecule has 260 valence electrons. The third kappa shape index (κ3) is 3.94. The Morgan fingerprint density at radius 3 is 1.52 bits per heavy atom. The van der Waals surface area contributed by atoms with E-state index >= 15 is 0 Å². The van der Waals surface area contributed by atoms with Crippen LogP contribution in [0.1, 0.15) is 0 Å². The summed E-state index contributed by atoms with van der Waals surface area (Å²) in [6.07, 6.45) is 0. The lowest BCUT2D eigenvalue weighted by Crippen LogP contribution is -2.57. The molecule has 0 saturated carbocycles. The van der Waals surface area contributed by atoms with Gasteiger partial charge in [0.05, 0.1) is 27.6 Å². The van der Waals surface area contributed by atoms with Crippen molar-refractivity contribution in [3.05, 3.63) is 182 Å². The van der Waals surface area contributed by atoms with Crippen molar-refractivity contribution in [1.29, 1.82) is 0 Å². The molecule has 0 radical (unpaired) electrons. The predicted octanol–water partition coefficient (Wildman–Crippen LogP) is 10.6. The molecule has 0 spiro atoms. The van der Waals surface area contributed by atoms with Crippen LogP contribution in [0.3, 0.4) is 0 Å². The summed E-state index contributed by atoms with van der Waals surface area (Å²) in [4.78, 5) is 0. The van der Waals surface area contributed by atoms with Crippen molar-refractivity contribution in [2.24, 2.45) is 0 Å². The molecule has 2 aliphatic rings. The first-order valence-corrected chi connectivity index (χ1v) is 19.1. The summed E-state index contributed by atoms with van der Waals surface area (Å²) in [5.74, 6) is 3.37. The molecule has 8 aromatic carbocycles. The van der Waals surface area contributed by atoms with Crippen molar-refractivity contribution >= 4 is 77.6 Å². The first-order chi connectivity index (χ1) is 27.8. The zero-order valence-corrected chi connectivity index (χ0v) is 30.1. The lowest BCUT2D eigenvalue weighted by atomic mass is 9.35. The number of hydrogen-bond acceptors (Lipinski definition) is 2. The number of fused-ring (bicyclic) bond motifs is 12. The summed E-state index contributed by atoms with van der Waals surface area (Å²) in [5, 5.41) is 6.11. The molecule has 3 aromatic heterocycles. The minimum absolute atomic E-state index is 0.0652. The second-order valence-corrected chi connectivity index (χ2v) is 14.9. The standard InChI is InChI=1S/C50H30BN3O2/c1-2-13-31(14-3-1)54-43-22-11-7-18-37(43)48-50(54)56-46-24-12-23-45-49(46)51(48)39-27-25-33(30-47(39)55-45)53-42-21-10-6-17-36(42)38-29-32(26-28-44(38)53)52-40-19-8-4-15-34(40)35-16-5-9-20-41(35)52/h1-30H. The smallest absolute Gasteiger partial charge is 0.263 e. The van der Waals surface area contributed by atoms with Crippen molar-refractivity contribution in [3.8, 4) is 40.2 Å². The van der Waals surface area contributed by atoms with Gasteiger partial charge in [-0.3, -0.25) is 4.57 Å². The number of nitrogens with zero attached hydrogens (tertiary/aromatic N) is 3. The summed E-state index contributed by atoms with van der Waals surface area (Å²) in [5.41, 5.74) is 12.5. The average Bonchev–Trinajstić information content (AvgIpc) is 3.89. The van der Waals surface area contributed by atoms with Crippen LogP contribution in [0.5, 0.6) is 23.1 Å². The topological polar surface area (TPSA) is 33.2 Å². The Balaban J connectivity index is 1.02. The van der Waals surface area contributed by atoms with Crippen LogP contribution in [0.25, 0.3) is 71.6 Å². The summed E-state index contributed by atoms with van der Waals surface area (Å²) >= 11 is 0. The zero-order chi connectivity index (χ0) is 36.5. The summed E-state index contributed by atoms with van der Waals surface area (Å²) in [6.45, 7) is -0.0652. The molecule has 5 nitrogen and oxygen atoms in total. The SMILES string of the molecule is c1ccc(-n2c3c(c4ccccc42)B2c4ccc(-n5c6ccccc6c6cc(-n7c8ccccc8c8ccccc87)ccc65)cc4Oc4cccc(c42)O3)cc1. The van der Waals surface area contributed by atoms with Gasteiger partial charge in [0.1, 0.15) is 17.2 Å². The van der Waals surface area contributed by atoms with E-state index in [0.29, 0.717) is 0 Å². The van der Waals surface area contributed by atoms with E-state index in [4.69, 9.17) is 9.47 Å². The molecule has 0 atom stereocenters. The molecule has 0 amide bonds. The minimum atomic E-state index is -0.0652. The summed E-state index contributed by atoms with van der Waals surface area (Å²) < 4.78 is 20.7. The molecule has 0 aliphatic carbocycles. The molecule has 56 heavy (non-hydrogen) atoms. The van der Waals surface area contributed by atoms with E-state index in [9.17, 15) is 0 Å². The summed E-state index contributed by atoms with van der Waals surface area (Å²) in [7, 11) is 0. The fraction of sp³-hybridized carbons (Fsp3) is 0. The van der Waals surface area contributed by atoms with Gasteiger partial charge in [0.15, 0.2) is 0 Å². The van der Waals surface area contributed by atoms with Gasteiger partial charge in [-0.1, -0.05) is 103 Å². The highest BCUT2D eigenvalue weighted by Gasteiger charge is 2.43. The number of rotatable bonds is 3. The van der Waals surface area contributed by atoms with E-state index in [1.807, 2.05) is 6.07 Å². The van der Waals surface area contributed by atoms with E-state index in [1.54, 1.807) is 0 Å². The van der Waals surface area contributed by atoms with Gasteiger partial charge < -0.3 is 18.6 Å². The van der Waals surface area contributed by atoms with Crippen LogP contribution in [0, 0.1) is 0 Å². The molecule has 13 rings (SSSR count). The van der Waals surface area contributed by atoms with Crippen molar-refractivity contribution in [2.75, 3.05) is 0 Å². The molecule has 0 bridgehead atoms. The number of ether oxygens (including phenoxy) is 2. The molecule has 0 saturated heterocycles. The predicted molar refractivity (Wildman–Crippen MR) is 230 cm³/mol. The summed E-state index contributed by atoms with van der Waals surface area (Å²) in [6, 6.07) is 65.1. The first kappa shape index (κ1) is 30.0. The van der Waals surface area contributed by atoms with E-state index < -0.39 is 0 Å². The Morgan fingerprint density at radius 1 is 0.321 bits per heavy atom. The first-order valence-electron chi connectivity index (χ1n) is 19.1. The Kier molecular flexibility index (Phi) is 5.92. The Labute approximate surface area is 321 Å². The second-order valence-electron chi connectivity index (χ2n) is 14.9. The third-order valence-corrected chi connectivity index (χ3v) is 12.0. The van der Waals surface area contributed by atoms with Crippen LogP contribution in [0.4, 0.5) is 0 Å². The van der Waals surface area contributed by atoms with Gasteiger partial charge in [-0.05, 0) is 83.6 Å². The molecule has 6 heteroatoms. The highest BCUT2D eigenvalue weighted by Crippen LogP contribution is 2.41. The fourth-order valence-electron chi connectivity index (χ4n) is 9.69. The van der Waals surface area contributed by atoms with Crippen LogP contribution in [0.2, 0.25) is 0 Å². The van der Waals surface area contributed by atoms with Crippen molar-refractivity contribution < 1.29 is 9.47 Å². The fourth-order valence-corrected chi connectivity index (χ4v) is 9.69. The lowest BCUT2D eigenvalue weighted by Gasteiger charge is -2.32. The number of para-hydroxylation sites is 5. The monoisotopic (exact) mass is 715 g/mol. The highest BCUT2D eigenvalue weighted by molar-refractivity contribution is 6.99. The largest absolute Gasteiger partial charge is 0.458 e. The molecule has 2 aliphatic heterocycles. The van der Waals surface area contributed by atoms with Gasteiger partial charge in [-0.2, -0.15) is 0 Å². The zero-order valence-electron chi connectivity index (χ0n) is 30.1. The highest BCUT2D eigenvalue weighted by atomic mass is 16.5. The maximum Gasteiger partial charge on any atom is 0.263 e. The van der Waals surface area contributed by atoms with E-state index in [2.05, 4.69) is 190 Å². The van der Waals surface area contributed by atoms with E-state index in [0.717, 1.165) is 73.1 Å².